The molecule has 0 saturated carbocycles. The SMILES string of the molecule is CC1CN(C(N)=NCc2cccs2)CCO1. The average Bonchev–Trinajstić information content (AvgIpc) is 2.78. The first-order valence-corrected chi connectivity index (χ1v) is 6.32. The van der Waals surface area contributed by atoms with Crippen LogP contribution >= 0.6 is 11.3 Å². The van der Waals surface area contributed by atoms with Gasteiger partial charge in [-0.25, -0.2) is 4.99 Å². The highest BCUT2D eigenvalue weighted by atomic mass is 32.1. The molecule has 88 valence electrons. The Morgan fingerprint density at radius 3 is 3.31 bits per heavy atom. The molecule has 1 aliphatic heterocycles. The van der Waals surface area contributed by atoms with Crippen LogP contribution in [-0.4, -0.2) is 36.7 Å². The number of hydrogen-bond acceptors (Lipinski definition) is 3. The van der Waals surface area contributed by atoms with Gasteiger partial charge in [0.25, 0.3) is 0 Å². The maximum atomic E-state index is 5.95. The van der Waals surface area contributed by atoms with Crippen LogP contribution in [-0.2, 0) is 11.3 Å². The largest absolute Gasteiger partial charge is 0.375 e. The van der Waals surface area contributed by atoms with Crippen molar-refractivity contribution in [1.29, 1.82) is 0 Å². The van der Waals surface area contributed by atoms with Gasteiger partial charge in [0, 0.05) is 18.0 Å². The van der Waals surface area contributed by atoms with Gasteiger partial charge in [-0.1, -0.05) is 6.07 Å². The number of nitrogens with zero attached hydrogens (tertiary/aromatic N) is 2. The van der Waals surface area contributed by atoms with E-state index in [-0.39, 0.29) is 6.10 Å². The summed E-state index contributed by atoms with van der Waals surface area (Å²) < 4.78 is 5.46. The number of nitrogens with two attached hydrogens (primary N) is 1. The zero-order chi connectivity index (χ0) is 11.4. The number of aliphatic imine (C=N–C) groups is 1. The number of ether oxygens (including phenoxy) is 1. The van der Waals surface area contributed by atoms with E-state index in [0.717, 1.165) is 19.7 Å². The van der Waals surface area contributed by atoms with Crippen LogP contribution in [0.4, 0.5) is 0 Å². The number of rotatable bonds is 2. The van der Waals surface area contributed by atoms with Gasteiger partial charge in [-0.3, -0.25) is 0 Å². The molecule has 1 saturated heterocycles. The normalized spacial score (nSPS) is 22.4. The highest BCUT2D eigenvalue weighted by Gasteiger charge is 2.17. The Hall–Kier alpha value is -1.07. The molecule has 2 rings (SSSR count). The molecule has 16 heavy (non-hydrogen) atoms. The van der Waals surface area contributed by atoms with Crippen molar-refractivity contribution in [2.45, 2.75) is 19.6 Å². The second-order valence-electron chi connectivity index (χ2n) is 3.88. The lowest BCUT2D eigenvalue weighted by atomic mass is 10.3. The molecule has 1 unspecified atom stereocenters. The van der Waals surface area contributed by atoms with Gasteiger partial charge < -0.3 is 15.4 Å². The average molecular weight is 239 g/mol. The molecule has 0 aromatic carbocycles. The van der Waals surface area contributed by atoms with E-state index >= 15 is 0 Å². The van der Waals surface area contributed by atoms with Gasteiger partial charge in [0.15, 0.2) is 5.96 Å². The van der Waals surface area contributed by atoms with Gasteiger partial charge in [0.2, 0.25) is 0 Å². The Kier molecular flexibility index (Phi) is 3.79. The Morgan fingerprint density at radius 2 is 2.62 bits per heavy atom. The lowest BCUT2D eigenvalue weighted by Gasteiger charge is -2.31. The minimum Gasteiger partial charge on any atom is -0.375 e. The fourth-order valence-corrected chi connectivity index (χ4v) is 2.32. The lowest BCUT2D eigenvalue weighted by molar-refractivity contribution is 0.00529. The van der Waals surface area contributed by atoms with Crippen LogP contribution in [0, 0.1) is 0 Å². The first kappa shape index (κ1) is 11.4. The summed E-state index contributed by atoms with van der Waals surface area (Å²) in [4.78, 5) is 7.73. The lowest BCUT2D eigenvalue weighted by Crippen LogP contribution is -2.47. The molecule has 0 amide bonds. The standard InChI is InChI=1S/C11H17N3OS/c1-9-8-14(4-5-15-9)11(12)13-7-10-3-2-6-16-10/h2-3,6,9H,4-5,7-8H2,1H3,(H2,12,13). The van der Waals surface area contributed by atoms with Gasteiger partial charge in [0.1, 0.15) is 0 Å². The molecule has 2 heterocycles. The van der Waals surface area contributed by atoms with Gasteiger partial charge in [0.05, 0.1) is 19.3 Å². The monoisotopic (exact) mass is 239 g/mol. The molecule has 4 nitrogen and oxygen atoms in total. The molecule has 0 radical (unpaired) electrons. The Balaban J connectivity index is 1.90. The third-order valence-electron chi connectivity index (χ3n) is 2.54. The summed E-state index contributed by atoms with van der Waals surface area (Å²) in [6.07, 6.45) is 0.240. The van der Waals surface area contributed by atoms with Crippen LogP contribution in [0.5, 0.6) is 0 Å². The molecule has 1 aromatic rings. The topological polar surface area (TPSA) is 50.8 Å². The number of hydrogen-bond donors (Lipinski definition) is 1. The number of guanidine groups is 1. The van der Waals surface area contributed by atoms with E-state index in [0.29, 0.717) is 12.5 Å². The molecule has 0 aliphatic carbocycles. The highest BCUT2D eigenvalue weighted by molar-refractivity contribution is 7.09. The van der Waals surface area contributed by atoms with Crippen molar-refractivity contribution in [2.75, 3.05) is 19.7 Å². The smallest absolute Gasteiger partial charge is 0.191 e. The second-order valence-corrected chi connectivity index (χ2v) is 4.91. The quantitative estimate of drug-likeness (QED) is 0.625. The number of morpholine rings is 1. The summed E-state index contributed by atoms with van der Waals surface area (Å²) in [5.74, 6) is 0.628. The second kappa shape index (κ2) is 5.32. The molecular weight excluding hydrogens is 222 g/mol. The van der Waals surface area contributed by atoms with Crippen molar-refractivity contribution in [3.63, 3.8) is 0 Å². The molecule has 5 heteroatoms. The Morgan fingerprint density at radius 1 is 1.75 bits per heavy atom. The van der Waals surface area contributed by atoms with E-state index in [1.165, 1.54) is 4.88 Å². The van der Waals surface area contributed by atoms with Crippen LogP contribution in [0.1, 0.15) is 11.8 Å². The minimum atomic E-state index is 0.240. The predicted molar refractivity (Wildman–Crippen MR) is 66.6 cm³/mol. The predicted octanol–water partition coefficient (Wildman–Crippen LogP) is 1.28. The summed E-state index contributed by atoms with van der Waals surface area (Å²) in [6, 6.07) is 4.10. The van der Waals surface area contributed by atoms with Gasteiger partial charge in [-0.05, 0) is 18.4 Å². The molecule has 1 aliphatic rings. The molecule has 2 N–H and O–H groups in total. The minimum absolute atomic E-state index is 0.240. The van der Waals surface area contributed by atoms with E-state index in [4.69, 9.17) is 10.5 Å². The van der Waals surface area contributed by atoms with Gasteiger partial charge in [-0.2, -0.15) is 0 Å². The molecular formula is C11H17N3OS. The van der Waals surface area contributed by atoms with Crippen molar-refractivity contribution in [1.82, 2.24) is 4.90 Å². The van der Waals surface area contributed by atoms with Crippen molar-refractivity contribution < 1.29 is 4.74 Å². The van der Waals surface area contributed by atoms with E-state index < -0.39 is 0 Å². The third-order valence-corrected chi connectivity index (χ3v) is 3.40. The summed E-state index contributed by atoms with van der Waals surface area (Å²) >= 11 is 1.71. The Bertz CT molecular complexity index is 350. The van der Waals surface area contributed by atoms with Crippen molar-refractivity contribution >= 4 is 17.3 Å². The highest BCUT2D eigenvalue weighted by Crippen LogP contribution is 2.10. The third kappa shape index (κ3) is 2.96. The molecule has 0 spiro atoms. The Labute approximate surface area is 99.7 Å². The van der Waals surface area contributed by atoms with Crippen molar-refractivity contribution in [3.05, 3.63) is 22.4 Å². The van der Waals surface area contributed by atoms with Crippen LogP contribution in [0.15, 0.2) is 22.5 Å². The van der Waals surface area contributed by atoms with E-state index in [1.807, 2.05) is 6.07 Å². The molecule has 0 bridgehead atoms. The molecule has 1 fully saturated rings. The van der Waals surface area contributed by atoms with Crippen LogP contribution in [0.2, 0.25) is 0 Å². The van der Waals surface area contributed by atoms with E-state index in [9.17, 15) is 0 Å². The van der Waals surface area contributed by atoms with Gasteiger partial charge in [-0.15, -0.1) is 11.3 Å². The molecule has 1 aromatic heterocycles. The van der Waals surface area contributed by atoms with E-state index in [2.05, 4.69) is 28.3 Å². The van der Waals surface area contributed by atoms with Crippen LogP contribution in [0.25, 0.3) is 0 Å². The first-order chi connectivity index (χ1) is 7.75. The van der Waals surface area contributed by atoms with Crippen molar-refractivity contribution in [2.24, 2.45) is 10.7 Å². The zero-order valence-electron chi connectivity index (χ0n) is 9.43. The maximum absolute atomic E-state index is 5.95. The van der Waals surface area contributed by atoms with Crippen molar-refractivity contribution in [3.8, 4) is 0 Å². The molecule has 1 atom stereocenters. The maximum Gasteiger partial charge on any atom is 0.191 e. The summed E-state index contributed by atoms with van der Waals surface area (Å²) in [7, 11) is 0. The van der Waals surface area contributed by atoms with Gasteiger partial charge >= 0.3 is 0 Å². The summed E-state index contributed by atoms with van der Waals surface area (Å²) in [6.45, 7) is 5.13. The fraction of sp³-hybridized carbons (Fsp3) is 0.545. The summed E-state index contributed by atoms with van der Waals surface area (Å²) in [5, 5.41) is 2.05. The van der Waals surface area contributed by atoms with Crippen LogP contribution < -0.4 is 5.73 Å². The summed E-state index contributed by atoms with van der Waals surface area (Å²) in [5.41, 5.74) is 5.95. The van der Waals surface area contributed by atoms with Crippen LogP contribution in [0.3, 0.4) is 0 Å². The zero-order valence-corrected chi connectivity index (χ0v) is 10.2. The fourth-order valence-electron chi connectivity index (χ4n) is 1.69. The first-order valence-electron chi connectivity index (χ1n) is 5.44. The van der Waals surface area contributed by atoms with E-state index in [1.54, 1.807) is 11.3 Å². The number of thiophene rings is 1.